The molecule has 1 heterocycles. The molecule has 0 saturated carbocycles. The van der Waals surface area contributed by atoms with Crippen molar-refractivity contribution in [2.75, 3.05) is 7.11 Å². The molecule has 3 nitrogen and oxygen atoms in total. The SMILES string of the molecule is COc1ccc(/[C](=C(/B2OC(C)(C)C(C)(C)O2)c2ccccc2)[Sn]([C](C)(C)C)([C](C)(C)C)[C](C)(C)C)cc1. The Labute approximate surface area is 237 Å². The van der Waals surface area contributed by atoms with Gasteiger partial charge in [-0.05, 0) is 0 Å². The third kappa shape index (κ3) is 5.26. The number of hydrogen-bond donors (Lipinski definition) is 0. The monoisotopic (exact) mass is 626 g/mol. The molecule has 1 fully saturated rings. The van der Waals surface area contributed by atoms with Crippen LogP contribution < -0.4 is 4.74 Å². The van der Waals surface area contributed by atoms with Crippen molar-refractivity contribution in [1.29, 1.82) is 0 Å². The molecular weight excluding hydrogens is 574 g/mol. The zero-order chi connectivity index (χ0) is 28.9. The molecule has 2 aromatic rings. The molecule has 0 spiro atoms. The summed E-state index contributed by atoms with van der Waals surface area (Å²) in [7, 11) is 1.26. The van der Waals surface area contributed by atoms with Crippen LogP contribution in [0.2, 0.25) is 10.3 Å². The standard InChI is InChI=1S/C21H24BO3.3C4H9.Sn/c1-20(2)21(3,4)25-22(24-20)19(17-9-7-6-8-10-17)15-16-11-13-18(23-5)14-12-16;3*1-4(2)3;/h6-14H,1-5H3;3*1-3H3;. The van der Waals surface area contributed by atoms with Crippen molar-refractivity contribution in [3.05, 3.63) is 65.7 Å². The van der Waals surface area contributed by atoms with Crippen LogP contribution >= 0.6 is 0 Å². The van der Waals surface area contributed by atoms with Gasteiger partial charge in [-0.3, -0.25) is 0 Å². The first-order valence-corrected chi connectivity index (χ1v) is 19.7. The summed E-state index contributed by atoms with van der Waals surface area (Å²) in [6.45, 7) is 30.9. The quantitative estimate of drug-likeness (QED) is 0.245. The summed E-state index contributed by atoms with van der Waals surface area (Å²) in [5.41, 5.74) is 2.76. The van der Waals surface area contributed by atoms with Gasteiger partial charge in [-0.2, -0.15) is 0 Å². The van der Waals surface area contributed by atoms with Crippen molar-refractivity contribution < 1.29 is 14.0 Å². The van der Waals surface area contributed by atoms with Gasteiger partial charge in [0.15, 0.2) is 0 Å². The Balaban J connectivity index is 2.64. The summed E-state index contributed by atoms with van der Waals surface area (Å²) in [5, 5.41) is 0. The van der Waals surface area contributed by atoms with Crippen LogP contribution in [0.15, 0.2) is 54.6 Å². The van der Waals surface area contributed by atoms with Gasteiger partial charge in [-0.15, -0.1) is 0 Å². The van der Waals surface area contributed by atoms with Crippen molar-refractivity contribution in [3.8, 4) is 5.75 Å². The fourth-order valence-electron chi connectivity index (χ4n) is 7.81. The molecule has 0 amide bonds. The second-order valence-electron chi connectivity index (χ2n) is 15.0. The molecule has 1 aliphatic heterocycles. The minimum absolute atomic E-state index is 0.0874. The Morgan fingerprint density at radius 3 is 1.45 bits per heavy atom. The van der Waals surface area contributed by atoms with Gasteiger partial charge < -0.3 is 0 Å². The predicted octanol–water partition coefficient (Wildman–Crippen LogP) is 9.63. The molecule has 0 unspecified atom stereocenters. The van der Waals surface area contributed by atoms with Crippen LogP contribution in [0.1, 0.15) is 101 Å². The molecule has 2 aromatic carbocycles. The molecule has 208 valence electrons. The first-order chi connectivity index (χ1) is 17.2. The summed E-state index contributed by atoms with van der Waals surface area (Å²) in [6.07, 6.45) is 0. The van der Waals surface area contributed by atoms with Crippen molar-refractivity contribution >= 4 is 34.6 Å². The summed E-state index contributed by atoms with van der Waals surface area (Å²) in [6, 6.07) is 19.5. The van der Waals surface area contributed by atoms with E-state index < -0.39 is 36.7 Å². The molecule has 1 aliphatic rings. The average molecular weight is 625 g/mol. The Morgan fingerprint density at radius 1 is 0.658 bits per heavy atom. The summed E-state index contributed by atoms with van der Waals surface area (Å²) < 4.78 is 21.1. The zero-order valence-corrected chi connectivity index (χ0v) is 29.4. The molecule has 3 rings (SSSR count). The first kappa shape index (κ1) is 31.3. The van der Waals surface area contributed by atoms with Crippen LogP contribution in [0, 0.1) is 0 Å². The molecule has 0 radical (unpaired) electrons. The van der Waals surface area contributed by atoms with Gasteiger partial charge in [-0.1, -0.05) is 0 Å². The van der Waals surface area contributed by atoms with Gasteiger partial charge in [0.1, 0.15) is 0 Å². The maximum absolute atomic E-state index is 6.89. The number of methoxy groups -OCH3 is 1. The van der Waals surface area contributed by atoms with E-state index in [1.54, 1.807) is 7.11 Å². The van der Waals surface area contributed by atoms with Gasteiger partial charge in [-0.25, -0.2) is 0 Å². The van der Waals surface area contributed by atoms with Crippen molar-refractivity contribution in [2.45, 2.75) is 112 Å². The van der Waals surface area contributed by atoms with Crippen molar-refractivity contribution in [1.82, 2.24) is 0 Å². The van der Waals surface area contributed by atoms with E-state index in [4.69, 9.17) is 14.0 Å². The molecule has 0 atom stereocenters. The summed E-state index contributed by atoms with van der Waals surface area (Å²) in [4.78, 5) is 0. The van der Waals surface area contributed by atoms with Crippen LogP contribution in [-0.4, -0.2) is 43.8 Å². The van der Waals surface area contributed by atoms with Gasteiger partial charge in [0.25, 0.3) is 0 Å². The Kier molecular flexibility index (Phi) is 8.49. The molecule has 0 bridgehead atoms. The second-order valence-corrected chi connectivity index (χ2v) is 33.5. The second kappa shape index (κ2) is 10.3. The topological polar surface area (TPSA) is 27.7 Å². The molecule has 0 aliphatic carbocycles. The van der Waals surface area contributed by atoms with Gasteiger partial charge in [0.05, 0.1) is 0 Å². The van der Waals surface area contributed by atoms with E-state index in [9.17, 15) is 0 Å². The van der Waals surface area contributed by atoms with E-state index in [1.165, 1.54) is 20.2 Å². The van der Waals surface area contributed by atoms with Crippen LogP contribution in [0.3, 0.4) is 0 Å². The summed E-state index contributed by atoms with van der Waals surface area (Å²) in [5.74, 6) is 0.869. The fourth-order valence-corrected chi connectivity index (χ4v) is 37.1. The molecule has 5 heteroatoms. The fraction of sp³-hybridized carbons (Fsp3) is 0.576. The van der Waals surface area contributed by atoms with E-state index in [0.29, 0.717) is 0 Å². The average Bonchev–Trinajstić information content (AvgIpc) is 2.97. The maximum atomic E-state index is 6.89. The predicted molar refractivity (Wildman–Crippen MR) is 167 cm³/mol. The molecule has 1 saturated heterocycles. The first-order valence-electron chi connectivity index (χ1n) is 14.0. The van der Waals surface area contributed by atoms with Gasteiger partial charge in [0.2, 0.25) is 0 Å². The van der Waals surface area contributed by atoms with E-state index in [-0.39, 0.29) is 10.3 Å². The van der Waals surface area contributed by atoms with Crippen LogP contribution in [0.5, 0.6) is 5.75 Å². The van der Waals surface area contributed by atoms with E-state index in [0.717, 1.165) is 5.75 Å². The van der Waals surface area contributed by atoms with Crippen LogP contribution in [-0.2, 0) is 9.31 Å². The Hall–Kier alpha value is -1.24. The number of benzene rings is 2. The Bertz CT molecular complexity index is 1090. The zero-order valence-electron chi connectivity index (χ0n) is 26.5. The van der Waals surface area contributed by atoms with Crippen LogP contribution in [0.4, 0.5) is 0 Å². The Morgan fingerprint density at radius 2 is 1.08 bits per heavy atom. The normalized spacial score (nSPS) is 18.8. The molecular formula is C33H51BO3Sn. The van der Waals surface area contributed by atoms with Gasteiger partial charge in [0, 0.05) is 0 Å². The molecule has 0 N–H and O–H groups in total. The van der Waals surface area contributed by atoms with E-state index >= 15 is 0 Å². The van der Waals surface area contributed by atoms with Crippen LogP contribution in [0.25, 0.3) is 9.06 Å². The van der Waals surface area contributed by atoms with Crippen molar-refractivity contribution in [2.24, 2.45) is 0 Å². The molecule has 38 heavy (non-hydrogen) atoms. The van der Waals surface area contributed by atoms with E-state index in [1.807, 2.05) is 0 Å². The van der Waals surface area contributed by atoms with Crippen molar-refractivity contribution in [3.63, 3.8) is 0 Å². The third-order valence-corrected chi connectivity index (χ3v) is 32.0. The minimum atomic E-state index is -3.66. The molecule has 0 aromatic heterocycles. The van der Waals surface area contributed by atoms with E-state index in [2.05, 4.69) is 145 Å². The number of rotatable bonds is 5. The number of ether oxygens (including phenoxy) is 1. The van der Waals surface area contributed by atoms with Gasteiger partial charge >= 0.3 is 239 Å². The summed E-state index contributed by atoms with van der Waals surface area (Å²) >= 11 is -3.66. The third-order valence-electron chi connectivity index (χ3n) is 8.97. The number of hydrogen-bond acceptors (Lipinski definition) is 3.